The normalized spacial score (nSPS) is 37.7. The molecule has 2 saturated carbocycles. The molecule has 2 heteroatoms. The van der Waals surface area contributed by atoms with Crippen LogP contribution >= 0.6 is 0 Å². The first-order chi connectivity index (χ1) is 8.59. The average Bonchev–Trinajstić information content (AvgIpc) is 2.82. The lowest BCUT2D eigenvalue weighted by atomic mass is 9.69. The van der Waals surface area contributed by atoms with Crippen molar-refractivity contribution in [3.63, 3.8) is 0 Å². The summed E-state index contributed by atoms with van der Waals surface area (Å²) in [4.78, 5) is 0. The van der Waals surface area contributed by atoms with E-state index in [2.05, 4.69) is 20.8 Å². The van der Waals surface area contributed by atoms with Gasteiger partial charge < -0.3 is 10.5 Å². The predicted octanol–water partition coefficient (Wildman–Crippen LogP) is 3.74. The Morgan fingerprint density at radius 2 is 1.83 bits per heavy atom. The Bertz CT molecular complexity index is 260. The van der Waals surface area contributed by atoms with E-state index in [0.717, 1.165) is 18.4 Å². The molecule has 2 rings (SSSR count). The minimum Gasteiger partial charge on any atom is -0.374 e. The summed E-state index contributed by atoms with van der Waals surface area (Å²) in [7, 11) is 0. The van der Waals surface area contributed by atoms with Crippen LogP contribution in [0, 0.1) is 17.8 Å². The van der Waals surface area contributed by atoms with Crippen LogP contribution in [0.1, 0.15) is 65.7 Å². The molecule has 18 heavy (non-hydrogen) atoms. The third-order valence-corrected chi connectivity index (χ3v) is 5.64. The molecular formula is C16H31NO. The maximum Gasteiger partial charge on any atom is 0.0835 e. The lowest BCUT2D eigenvalue weighted by Gasteiger charge is -2.43. The van der Waals surface area contributed by atoms with E-state index >= 15 is 0 Å². The zero-order valence-corrected chi connectivity index (χ0v) is 12.5. The van der Waals surface area contributed by atoms with Gasteiger partial charge in [-0.2, -0.15) is 0 Å². The van der Waals surface area contributed by atoms with Crippen molar-refractivity contribution < 1.29 is 4.74 Å². The van der Waals surface area contributed by atoms with E-state index in [-0.39, 0.29) is 11.6 Å². The van der Waals surface area contributed by atoms with Gasteiger partial charge in [-0.25, -0.2) is 0 Å². The molecule has 106 valence electrons. The van der Waals surface area contributed by atoms with Crippen LogP contribution in [0.5, 0.6) is 0 Å². The molecule has 0 bridgehead atoms. The first-order valence-electron chi connectivity index (χ1n) is 7.98. The van der Waals surface area contributed by atoms with Gasteiger partial charge in [0, 0.05) is 12.6 Å². The lowest BCUT2D eigenvalue weighted by molar-refractivity contribution is -0.0722. The summed E-state index contributed by atoms with van der Waals surface area (Å²) in [6.07, 6.45) is 8.92. The standard InChI is InChI=1S/C16H31NO/c1-4-18-16(9-5-6-10-16)15(17)14-8-7-12(2)13(3)11-14/h12-15H,4-11,17H2,1-3H3. The van der Waals surface area contributed by atoms with Gasteiger partial charge in [0.15, 0.2) is 0 Å². The van der Waals surface area contributed by atoms with Crippen molar-refractivity contribution in [2.75, 3.05) is 6.61 Å². The molecule has 4 unspecified atom stereocenters. The summed E-state index contributed by atoms with van der Waals surface area (Å²) in [5, 5.41) is 0. The predicted molar refractivity (Wildman–Crippen MR) is 76.5 cm³/mol. The van der Waals surface area contributed by atoms with E-state index in [1.54, 1.807) is 0 Å². The number of ether oxygens (including phenoxy) is 1. The number of nitrogens with two attached hydrogens (primary N) is 1. The minimum absolute atomic E-state index is 0.0136. The second kappa shape index (κ2) is 5.92. The number of hydrogen-bond acceptors (Lipinski definition) is 2. The zero-order valence-electron chi connectivity index (χ0n) is 12.5. The van der Waals surface area contributed by atoms with Crippen LogP contribution in [0.2, 0.25) is 0 Å². The maximum atomic E-state index is 6.66. The van der Waals surface area contributed by atoms with Gasteiger partial charge in [0.2, 0.25) is 0 Å². The molecule has 2 nitrogen and oxygen atoms in total. The van der Waals surface area contributed by atoms with E-state index in [1.807, 2.05) is 0 Å². The highest BCUT2D eigenvalue weighted by Gasteiger charge is 2.44. The maximum absolute atomic E-state index is 6.66. The van der Waals surface area contributed by atoms with Crippen molar-refractivity contribution in [2.45, 2.75) is 77.4 Å². The Hall–Kier alpha value is -0.0800. The number of hydrogen-bond donors (Lipinski definition) is 1. The highest BCUT2D eigenvalue weighted by molar-refractivity contribution is 4.99. The van der Waals surface area contributed by atoms with Crippen molar-refractivity contribution in [1.82, 2.24) is 0 Å². The van der Waals surface area contributed by atoms with Crippen molar-refractivity contribution in [1.29, 1.82) is 0 Å². The smallest absolute Gasteiger partial charge is 0.0835 e. The second-order valence-electron chi connectivity index (χ2n) is 6.76. The van der Waals surface area contributed by atoms with Gasteiger partial charge in [-0.15, -0.1) is 0 Å². The van der Waals surface area contributed by atoms with E-state index in [4.69, 9.17) is 10.5 Å². The summed E-state index contributed by atoms with van der Waals surface area (Å²) in [5.74, 6) is 2.39. The third-order valence-electron chi connectivity index (χ3n) is 5.64. The minimum atomic E-state index is 0.0136. The largest absolute Gasteiger partial charge is 0.374 e. The average molecular weight is 253 g/mol. The topological polar surface area (TPSA) is 35.2 Å². The molecule has 0 aromatic carbocycles. The molecule has 2 aliphatic carbocycles. The Morgan fingerprint density at radius 3 is 2.39 bits per heavy atom. The second-order valence-corrected chi connectivity index (χ2v) is 6.76. The summed E-state index contributed by atoms with van der Waals surface area (Å²) in [5.41, 5.74) is 6.67. The van der Waals surface area contributed by atoms with Crippen LogP contribution < -0.4 is 5.73 Å². The monoisotopic (exact) mass is 253 g/mol. The fourth-order valence-corrected chi connectivity index (χ4v) is 4.18. The summed E-state index contributed by atoms with van der Waals surface area (Å²) in [6.45, 7) is 7.70. The summed E-state index contributed by atoms with van der Waals surface area (Å²) in [6, 6.07) is 0.259. The van der Waals surface area contributed by atoms with Gasteiger partial charge >= 0.3 is 0 Å². The summed E-state index contributed by atoms with van der Waals surface area (Å²) >= 11 is 0. The molecule has 0 radical (unpaired) electrons. The highest BCUT2D eigenvalue weighted by atomic mass is 16.5. The van der Waals surface area contributed by atoms with E-state index in [1.165, 1.54) is 44.9 Å². The molecule has 2 N–H and O–H groups in total. The fourth-order valence-electron chi connectivity index (χ4n) is 4.18. The zero-order chi connectivity index (χ0) is 13.2. The Balaban J connectivity index is 2.02. The molecule has 0 aliphatic heterocycles. The molecule has 0 aromatic rings. The highest BCUT2D eigenvalue weighted by Crippen LogP contribution is 2.43. The van der Waals surface area contributed by atoms with Crippen LogP contribution in [0.15, 0.2) is 0 Å². The first-order valence-corrected chi connectivity index (χ1v) is 7.98. The summed E-state index contributed by atoms with van der Waals surface area (Å²) < 4.78 is 6.14. The van der Waals surface area contributed by atoms with Gasteiger partial charge in [0.1, 0.15) is 0 Å². The van der Waals surface area contributed by atoms with Crippen molar-refractivity contribution in [3.8, 4) is 0 Å². The molecule has 4 atom stereocenters. The Labute approximate surface area is 113 Å². The van der Waals surface area contributed by atoms with E-state index < -0.39 is 0 Å². The molecule has 0 amide bonds. The first kappa shape index (κ1) is 14.3. The van der Waals surface area contributed by atoms with Gasteiger partial charge in [0.05, 0.1) is 5.60 Å². The Kier molecular flexibility index (Phi) is 4.71. The molecule has 2 aliphatic rings. The molecule has 0 saturated heterocycles. The Morgan fingerprint density at radius 1 is 1.17 bits per heavy atom. The van der Waals surface area contributed by atoms with Crippen molar-refractivity contribution in [3.05, 3.63) is 0 Å². The van der Waals surface area contributed by atoms with Crippen LogP contribution in [-0.4, -0.2) is 18.2 Å². The van der Waals surface area contributed by atoms with Crippen LogP contribution in [0.4, 0.5) is 0 Å². The van der Waals surface area contributed by atoms with Gasteiger partial charge in [-0.1, -0.05) is 33.1 Å². The molecule has 0 aromatic heterocycles. The molecule has 0 heterocycles. The van der Waals surface area contributed by atoms with E-state index in [0.29, 0.717) is 5.92 Å². The number of rotatable bonds is 4. The quantitative estimate of drug-likeness (QED) is 0.828. The van der Waals surface area contributed by atoms with Crippen LogP contribution in [0.25, 0.3) is 0 Å². The molecule has 0 spiro atoms. The SMILES string of the molecule is CCOC1(C(N)C2CCC(C)C(C)C2)CCCC1. The molecular weight excluding hydrogens is 222 g/mol. The fraction of sp³-hybridized carbons (Fsp3) is 1.00. The lowest BCUT2D eigenvalue weighted by Crippen LogP contribution is -2.53. The van der Waals surface area contributed by atoms with Crippen molar-refractivity contribution >= 4 is 0 Å². The van der Waals surface area contributed by atoms with Gasteiger partial charge in [-0.05, 0) is 50.4 Å². The van der Waals surface area contributed by atoms with Gasteiger partial charge in [0.25, 0.3) is 0 Å². The van der Waals surface area contributed by atoms with Gasteiger partial charge in [-0.3, -0.25) is 0 Å². The third kappa shape index (κ3) is 2.75. The van der Waals surface area contributed by atoms with Crippen molar-refractivity contribution in [2.24, 2.45) is 23.5 Å². The van der Waals surface area contributed by atoms with Crippen LogP contribution in [-0.2, 0) is 4.74 Å². The van der Waals surface area contributed by atoms with Crippen LogP contribution in [0.3, 0.4) is 0 Å². The van der Waals surface area contributed by atoms with E-state index in [9.17, 15) is 0 Å². The molecule has 2 fully saturated rings.